The third kappa shape index (κ3) is 3.84. The smallest absolute Gasteiger partial charge is 0.335 e. The average Bonchev–Trinajstić information content (AvgIpc) is 2.46. The van der Waals surface area contributed by atoms with Crippen molar-refractivity contribution in [1.29, 1.82) is 0 Å². The number of aliphatic hydroxyl groups is 1. The third-order valence-corrected chi connectivity index (χ3v) is 3.80. The van der Waals surface area contributed by atoms with Gasteiger partial charge in [0, 0.05) is 10.6 Å². The van der Waals surface area contributed by atoms with Gasteiger partial charge in [0.25, 0.3) is 0 Å². The predicted molar refractivity (Wildman–Crippen MR) is 75.3 cm³/mol. The summed E-state index contributed by atoms with van der Waals surface area (Å²) in [5, 5.41) is 17.8. The lowest BCUT2D eigenvalue weighted by molar-refractivity contribution is 0.0697. The van der Waals surface area contributed by atoms with Gasteiger partial charge in [0.15, 0.2) is 0 Å². The van der Waals surface area contributed by atoms with E-state index in [2.05, 4.69) is 0 Å². The van der Waals surface area contributed by atoms with E-state index in [1.165, 1.54) is 0 Å². The molecule has 0 aliphatic heterocycles. The number of hydrogen-bond acceptors (Lipinski definition) is 3. The minimum absolute atomic E-state index is 0.0571. The fraction of sp³-hybridized carbons (Fsp3) is 0.133. The molecule has 2 rings (SSSR count). The zero-order chi connectivity index (χ0) is 13.7. The number of aromatic carboxylic acids is 1. The molecule has 2 N–H and O–H groups in total. The molecule has 0 spiro atoms. The summed E-state index contributed by atoms with van der Waals surface area (Å²) in [5.74, 6) is -0.114. The van der Waals surface area contributed by atoms with E-state index in [9.17, 15) is 4.79 Å². The lowest BCUT2D eigenvalue weighted by Gasteiger charge is -2.03. The second kappa shape index (κ2) is 6.41. The van der Waals surface area contributed by atoms with E-state index in [-0.39, 0.29) is 6.61 Å². The van der Waals surface area contributed by atoms with E-state index in [4.69, 9.17) is 10.2 Å². The van der Waals surface area contributed by atoms with E-state index in [0.717, 1.165) is 21.8 Å². The molecule has 0 unspecified atom stereocenters. The van der Waals surface area contributed by atoms with Gasteiger partial charge in [-0.1, -0.05) is 24.3 Å². The molecule has 0 aromatic heterocycles. The highest BCUT2D eigenvalue weighted by atomic mass is 32.2. The van der Waals surface area contributed by atoms with Gasteiger partial charge in [0.1, 0.15) is 0 Å². The molecule has 0 fully saturated rings. The molecule has 0 aliphatic rings. The Morgan fingerprint density at radius 3 is 2.05 bits per heavy atom. The molecule has 0 atom stereocenters. The molecule has 0 radical (unpaired) electrons. The average molecular weight is 274 g/mol. The maximum absolute atomic E-state index is 10.7. The fourth-order valence-electron chi connectivity index (χ4n) is 1.60. The maximum Gasteiger partial charge on any atom is 0.335 e. The molecule has 4 heteroatoms. The standard InChI is InChI=1S/C15H14O3S/c16-9-11-3-7-14(8-4-11)19-10-12-1-5-13(6-2-12)15(17)18/h1-8,16H,9-10H2,(H,17,18). The van der Waals surface area contributed by atoms with Gasteiger partial charge in [-0.3, -0.25) is 0 Å². The van der Waals surface area contributed by atoms with Gasteiger partial charge in [0.2, 0.25) is 0 Å². The third-order valence-electron chi connectivity index (χ3n) is 2.71. The lowest BCUT2D eigenvalue weighted by Crippen LogP contribution is -1.95. The van der Waals surface area contributed by atoms with Crippen LogP contribution in [0.5, 0.6) is 0 Å². The van der Waals surface area contributed by atoms with Crippen LogP contribution in [0.2, 0.25) is 0 Å². The molecule has 0 saturated carbocycles. The Morgan fingerprint density at radius 2 is 1.53 bits per heavy atom. The second-order valence-corrected chi connectivity index (χ2v) is 5.14. The molecule has 0 aliphatic carbocycles. The van der Waals surface area contributed by atoms with Crippen molar-refractivity contribution in [1.82, 2.24) is 0 Å². The Morgan fingerprint density at radius 1 is 0.947 bits per heavy atom. The van der Waals surface area contributed by atoms with Crippen LogP contribution in [0.25, 0.3) is 0 Å². The van der Waals surface area contributed by atoms with Crippen LogP contribution in [0.4, 0.5) is 0 Å². The Bertz CT molecular complexity index is 547. The Balaban J connectivity index is 1.95. The monoisotopic (exact) mass is 274 g/mol. The summed E-state index contributed by atoms with van der Waals surface area (Å²) in [5.41, 5.74) is 2.29. The van der Waals surface area contributed by atoms with Crippen LogP contribution in [0, 0.1) is 0 Å². The molecule has 19 heavy (non-hydrogen) atoms. The number of thioether (sulfide) groups is 1. The number of hydrogen-bond donors (Lipinski definition) is 2. The molecule has 3 nitrogen and oxygen atoms in total. The van der Waals surface area contributed by atoms with Crippen molar-refractivity contribution in [3.05, 3.63) is 65.2 Å². The summed E-state index contributed by atoms with van der Waals surface area (Å²) in [4.78, 5) is 11.9. The van der Waals surface area contributed by atoms with E-state index in [1.54, 1.807) is 23.9 Å². The van der Waals surface area contributed by atoms with Crippen LogP contribution in [0.15, 0.2) is 53.4 Å². The van der Waals surface area contributed by atoms with E-state index >= 15 is 0 Å². The van der Waals surface area contributed by atoms with Crippen molar-refractivity contribution >= 4 is 17.7 Å². The molecule has 2 aromatic rings. The first-order valence-corrected chi connectivity index (χ1v) is 6.82. The van der Waals surface area contributed by atoms with Gasteiger partial charge in [-0.2, -0.15) is 0 Å². The van der Waals surface area contributed by atoms with Gasteiger partial charge in [-0.15, -0.1) is 11.8 Å². The first-order chi connectivity index (χ1) is 9.19. The zero-order valence-corrected chi connectivity index (χ0v) is 11.1. The second-order valence-electron chi connectivity index (χ2n) is 4.09. The van der Waals surface area contributed by atoms with Crippen LogP contribution >= 0.6 is 11.8 Å². The molecule has 0 amide bonds. The highest BCUT2D eigenvalue weighted by Crippen LogP contribution is 2.23. The van der Waals surface area contributed by atoms with E-state index < -0.39 is 5.97 Å². The van der Waals surface area contributed by atoms with Crippen molar-refractivity contribution in [3.63, 3.8) is 0 Å². The van der Waals surface area contributed by atoms with Crippen molar-refractivity contribution in [2.75, 3.05) is 0 Å². The molecule has 0 heterocycles. The number of aliphatic hydroxyl groups excluding tert-OH is 1. The van der Waals surface area contributed by atoms with Gasteiger partial charge < -0.3 is 10.2 Å². The summed E-state index contributed by atoms with van der Waals surface area (Å²) in [6, 6.07) is 14.6. The SMILES string of the molecule is O=C(O)c1ccc(CSc2ccc(CO)cc2)cc1. The van der Waals surface area contributed by atoms with Crippen molar-refractivity contribution in [2.45, 2.75) is 17.3 Å². The predicted octanol–water partition coefficient (Wildman–Crippen LogP) is 3.17. The summed E-state index contributed by atoms with van der Waals surface area (Å²) in [6.07, 6.45) is 0. The fourth-order valence-corrected chi connectivity index (χ4v) is 2.46. The number of carboxylic acids is 1. The number of rotatable bonds is 5. The topological polar surface area (TPSA) is 57.5 Å². The lowest BCUT2D eigenvalue weighted by atomic mass is 10.1. The van der Waals surface area contributed by atoms with Crippen molar-refractivity contribution < 1.29 is 15.0 Å². The highest BCUT2D eigenvalue weighted by Gasteiger charge is 2.02. The van der Waals surface area contributed by atoms with Gasteiger partial charge >= 0.3 is 5.97 Å². The molecule has 2 aromatic carbocycles. The first kappa shape index (κ1) is 13.6. The molecule has 0 bridgehead atoms. The number of carboxylic acid groups (broad SMARTS) is 1. The highest BCUT2D eigenvalue weighted by molar-refractivity contribution is 7.98. The Kier molecular flexibility index (Phi) is 4.60. The van der Waals surface area contributed by atoms with E-state index in [1.807, 2.05) is 36.4 Å². The molecule has 0 saturated heterocycles. The normalized spacial score (nSPS) is 10.4. The van der Waals surface area contributed by atoms with Crippen LogP contribution < -0.4 is 0 Å². The largest absolute Gasteiger partial charge is 0.478 e. The van der Waals surface area contributed by atoms with Gasteiger partial charge in [-0.05, 0) is 35.4 Å². The molecule has 98 valence electrons. The number of benzene rings is 2. The number of carbonyl (C=O) groups is 1. The summed E-state index contributed by atoms with van der Waals surface area (Å²) in [6.45, 7) is 0.0571. The quantitative estimate of drug-likeness (QED) is 0.822. The molecular weight excluding hydrogens is 260 g/mol. The summed E-state index contributed by atoms with van der Waals surface area (Å²) in [7, 11) is 0. The van der Waals surface area contributed by atoms with Crippen LogP contribution in [0.3, 0.4) is 0 Å². The van der Waals surface area contributed by atoms with Crippen molar-refractivity contribution in [2.24, 2.45) is 0 Å². The summed E-state index contributed by atoms with van der Waals surface area (Å²) < 4.78 is 0. The summed E-state index contributed by atoms with van der Waals surface area (Å²) >= 11 is 1.68. The first-order valence-electron chi connectivity index (χ1n) is 5.84. The maximum atomic E-state index is 10.7. The molecular formula is C15H14O3S. The van der Waals surface area contributed by atoms with Crippen LogP contribution in [-0.2, 0) is 12.4 Å². The van der Waals surface area contributed by atoms with Crippen LogP contribution in [-0.4, -0.2) is 16.2 Å². The van der Waals surface area contributed by atoms with Crippen LogP contribution in [0.1, 0.15) is 21.5 Å². The Labute approximate surface area is 115 Å². The van der Waals surface area contributed by atoms with E-state index in [0.29, 0.717) is 5.56 Å². The van der Waals surface area contributed by atoms with Crippen molar-refractivity contribution in [3.8, 4) is 0 Å². The zero-order valence-electron chi connectivity index (χ0n) is 10.2. The van der Waals surface area contributed by atoms with Gasteiger partial charge in [-0.25, -0.2) is 4.79 Å². The minimum atomic E-state index is -0.904. The Hall–Kier alpha value is -1.78. The minimum Gasteiger partial charge on any atom is -0.478 e. The van der Waals surface area contributed by atoms with Gasteiger partial charge in [0.05, 0.1) is 12.2 Å².